The molecule has 4 N–H and O–H groups in total. The Morgan fingerprint density at radius 3 is 2.45 bits per heavy atom. The third-order valence-electron chi connectivity index (χ3n) is 3.80. The summed E-state index contributed by atoms with van der Waals surface area (Å²) >= 11 is 0. The molecule has 0 fully saturated rings. The van der Waals surface area contributed by atoms with E-state index in [-0.39, 0.29) is 6.04 Å². The molecule has 0 spiro atoms. The lowest BCUT2D eigenvalue weighted by atomic mass is 9.93. The second kappa shape index (κ2) is 4.42. The fourth-order valence-corrected chi connectivity index (χ4v) is 2.49. The maximum Gasteiger partial charge on any atom is 0.134 e. The van der Waals surface area contributed by atoms with E-state index in [1.807, 2.05) is 50.2 Å². The highest BCUT2D eigenvalue weighted by Gasteiger charge is 2.25. The van der Waals surface area contributed by atoms with Crippen molar-refractivity contribution in [3.8, 4) is 11.5 Å². The van der Waals surface area contributed by atoms with Gasteiger partial charge in [0.25, 0.3) is 0 Å². The van der Waals surface area contributed by atoms with Gasteiger partial charge in [0, 0.05) is 48.7 Å². The van der Waals surface area contributed by atoms with E-state index in [0.717, 1.165) is 39.6 Å². The first-order valence-corrected chi connectivity index (χ1v) is 6.62. The monoisotopic (exact) mass is 269 g/mol. The molecule has 1 atom stereocenters. The Kier molecular flexibility index (Phi) is 2.83. The zero-order chi connectivity index (χ0) is 14.4. The van der Waals surface area contributed by atoms with Crippen molar-refractivity contribution in [2.45, 2.75) is 13.0 Å². The third-order valence-corrected chi connectivity index (χ3v) is 3.80. The number of hydrogen-bond acceptors (Lipinski definition) is 4. The minimum Gasteiger partial charge on any atom is -0.456 e. The standard InChI is InChI=1S/C16H19N3O/c1-9-6-12-15(8-13(9)17)20-14-7-10(19(2)3)4-5-11(14)16(12)18/h4-8,16H,17-18H2,1-3H3. The number of aryl methyl sites for hydroxylation is 1. The fourth-order valence-electron chi connectivity index (χ4n) is 2.49. The Hall–Kier alpha value is -2.20. The molecule has 0 radical (unpaired) electrons. The molecule has 104 valence electrons. The Morgan fingerprint density at radius 1 is 1.05 bits per heavy atom. The lowest BCUT2D eigenvalue weighted by Crippen LogP contribution is -2.19. The van der Waals surface area contributed by atoms with Crippen LogP contribution >= 0.6 is 0 Å². The lowest BCUT2D eigenvalue weighted by Gasteiger charge is -2.27. The van der Waals surface area contributed by atoms with Crippen LogP contribution in [0.1, 0.15) is 22.7 Å². The summed E-state index contributed by atoms with van der Waals surface area (Å²) in [5, 5.41) is 0. The first-order valence-electron chi connectivity index (χ1n) is 6.62. The number of fused-ring (bicyclic) bond motifs is 2. The number of benzene rings is 2. The van der Waals surface area contributed by atoms with Gasteiger partial charge < -0.3 is 21.1 Å². The van der Waals surface area contributed by atoms with Crippen molar-refractivity contribution in [2.75, 3.05) is 24.7 Å². The second-order valence-electron chi connectivity index (χ2n) is 5.44. The van der Waals surface area contributed by atoms with E-state index in [4.69, 9.17) is 16.2 Å². The van der Waals surface area contributed by atoms with E-state index >= 15 is 0 Å². The summed E-state index contributed by atoms with van der Waals surface area (Å²) in [5.74, 6) is 1.56. The van der Waals surface area contributed by atoms with Gasteiger partial charge >= 0.3 is 0 Å². The van der Waals surface area contributed by atoms with E-state index in [9.17, 15) is 0 Å². The van der Waals surface area contributed by atoms with Gasteiger partial charge in [0.2, 0.25) is 0 Å². The van der Waals surface area contributed by atoms with Gasteiger partial charge in [0.1, 0.15) is 11.5 Å². The average Bonchev–Trinajstić information content (AvgIpc) is 2.41. The van der Waals surface area contributed by atoms with Gasteiger partial charge in [-0.05, 0) is 24.6 Å². The quantitative estimate of drug-likeness (QED) is 0.781. The average molecular weight is 269 g/mol. The number of rotatable bonds is 1. The van der Waals surface area contributed by atoms with Gasteiger partial charge in [-0.15, -0.1) is 0 Å². The van der Waals surface area contributed by atoms with Gasteiger partial charge in [0.15, 0.2) is 0 Å². The molecule has 2 aromatic rings. The molecule has 1 aliphatic rings. The summed E-state index contributed by atoms with van der Waals surface area (Å²) in [6.45, 7) is 1.98. The van der Waals surface area contributed by atoms with Crippen LogP contribution in [0.2, 0.25) is 0 Å². The minimum atomic E-state index is -0.177. The summed E-state index contributed by atoms with van der Waals surface area (Å²) < 4.78 is 5.99. The molecule has 4 nitrogen and oxygen atoms in total. The molecule has 0 aliphatic carbocycles. The summed E-state index contributed by atoms with van der Waals surface area (Å²) in [6.07, 6.45) is 0. The number of nitrogens with two attached hydrogens (primary N) is 2. The van der Waals surface area contributed by atoms with E-state index < -0.39 is 0 Å². The molecule has 0 amide bonds. The number of ether oxygens (including phenoxy) is 1. The van der Waals surface area contributed by atoms with Gasteiger partial charge in [0.05, 0.1) is 6.04 Å². The van der Waals surface area contributed by atoms with Gasteiger partial charge in [-0.1, -0.05) is 6.07 Å². The van der Waals surface area contributed by atoms with E-state index in [1.54, 1.807) is 0 Å². The largest absolute Gasteiger partial charge is 0.456 e. The molecule has 4 heteroatoms. The fraction of sp³-hybridized carbons (Fsp3) is 0.250. The lowest BCUT2D eigenvalue weighted by molar-refractivity contribution is 0.447. The van der Waals surface area contributed by atoms with Crippen LogP contribution in [0.25, 0.3) is 0 Å². The summed E-state index contributed by atoms with van der Waals surface area (Å²) in [5.41, 5.74) is 17.2. The zero-order valence-corrected chi connectivity index (χ0v) is 12.0. The molecule has 20 heavy (non-hydrogen) atoms. The van der Waals surface area contributed by atoms with Crippen molar-refractivity contribution < 1.29 is 4.74 Å². The molecule has 0 bridgehead atoms. The van der Waals surface area contributed by atoms with Gasteiger partial charge in [-0.3, -0.25) is 0 Å². The van der Waals surface area contributed by atoms with Crippen LogP contribution in [0.3, 0.4) is 0 Å². The van der Waals surface area contributed by atoms with E-state index in [2.05, 4.69) is 6.07 Å². The predicted molar refractivity (Wildman–Crippen MR) is 82.5 cm³/mol. The first kappa shape index (κ1) is 12.8. The van der Waals surface area contributed by atoms with Crippen LogP contribution in [-0.2, 0) is 0 Å². The molecule has 1 unspecified atom stereocenters. The minimum absolute atomic E-state index is 0.177. The van der Waals surface area contributed by atoms with E-state index in [1.165, 1.54) is 0 Å². The molecule has 2 aromatic carbocycles. The Morgan fingerprint density at radius 2 is 1.75 bits per heavy atom. The van der Waals surface area contributed by atoms with Gasteiger partial charge in [-0.25, -0.2) is 0 Å². The van der Waals surface area contributed by atoms with Crippen molar-refractivity contribution in [3.05, 3.63) is 47.0 Å². The maximum absolute atomic E-state index is 6.37. The van der Waals surface area contributed by atoms with Crippen LogP contribution in [-0.4, -0.2) is 14.1 Å². The van der Waals surface area contributed by atoms with Crippen molar-refractivity contribution >= 4 is 11.4 Å². The highest BCUT2D eigenvalue weighted by molar-refractivity contribution is 5.63. The molecule has 1 heterocycles. The molecule has 3 rings (SSSR count). The van der Waals surface area contributed by atoms with Crippen molar-refractivity contribution in [3.63, 3.8) is 0 Å². The Balaban J connectivity index is 2.12. The number of anilines is 2. The topological polar surface area (TPSA) is 64.5 Å². The summed E-state index contributed by atoms with van der Waals surface area (Å²) in [6, 6.07) is 9.78. The maximum atomic E-state index is 6.37. The number of hydrogen-bond donors (Lipinski definition) is 2. The zero-order valence-electron chi connectivity index (χ0n) is 12.0. The highest BCUT2D eigenvalue weighted by Crippen LogP contribution is 2.44. The predicted octanol–water partition coefficient (Wildman–Crippen LogP) is 2.80. The molecule has 1 aliphatic heterocycles. The third kappa shape index (κ3) is 1.89. The van der Waals surface area contributed by atoms with E-state index in [0.29, 0.717) is 0 Å². The molecule has 0 saturated carbocycles. The van der Waals surface area contributed by atoms with Crippen LogP contribution in [0.5, 0.6) is 11.5 Å². The van der Waals surface area contributed by atoms with Crippen molar-refractivity contribution in [2.24, 2.45) is 5.73 Å². The second-order valence-corrected chi connectivity index (χ2v) is 5.44. The van der Waals surface area contributed by atoms with Crippen molar-refractivity contribution in [1.29, 1.82) is 0 Å². The van der Waals surface area contributed by atoms with Crippen LogP contribution in [0.15, 0.2) is 30.3 Å². The van der Waals surface area contributed by atoms with Crippen molar-refractivity contribution in [1.82, 2.24) is 0 Å². The smallest absolute Gasteiger partial charge is 0.134 e. The molecule has 0 aromatic heterocycles. The highest BCUT2D eigenvalue weighted by atomic mass is 16.5. The number of nitrogen functional groups attached to an aromatic ring is 1. The molecule has 0 saturated heterocycles. The molecular formula is C16H19N3O. The molecular weight excluding hydrogens is 250 g/mol. The van der Waals surface area contributed by atoms with Crippen LogP contribution in [0.4, 0.5) is 11.4 Å². The summed E-state index contributed by atoms with van der Waals surface area (Å²) in [4.78, 5) is 2.04. The van der Waals surface area contributed by atoms with Crippen LogP contribution < -0.4 is 21.1 Å². The summed E-state index contributed by atoms with van der Waals surface area (Å²) in [7, 11) is 4.00. The Labute approximate surface area is 118 Å². The first-order chi connectivity index (χ1) is 9.47. The SMILES string of the molecule is Cc1cc2c(cc1N)Oc1cc(N(C)C)ccc1C2N. The normalized spacial score (nSPS) is 16.1. The van der Waals surface area contributed by atoms with Crippen LogP contribution in [0, 0.1) is 6.92 Å². The number of nitrogens with zero attached hydrogens (tertiary/aromatic N) is 1. The Bertz CT molecular complexity index is 680. The van der Waals surface area contributed by atoms with Gasteiger partial charge in [-0.2, -0.15) is 0 Å².